The van der Waals surface area contributed by atoms with Crippen molar-refractivity contribution in [1.82, 2.24) is 9.78 Å². The zero-order valence-corrected chi connectivity index (χ0v) is 13.9. The van der Waals surface area contributed by atoms with Crippen molar-refractivity contribution in [2.75, 3.05) is 11.5 Å². The number of hydrogen-bond acceptors (Lipinski definition) is 4. The minimum Gasteiger partial charge on any atom is -0.294 e. The van der Waals surface area contributed by atoms with Gasteiger partial charge in [0.1, 0.15) is 11.5 Å². The first-order valence-electron chi connectivity index (χ1n) is 8.05. The Hall–Kier alpha value is -2.02. The standard InChI is InChI=1S/C17H17FN2O3S/c18-12-4-1-3-11(9-12)17-16-14(5-2-6-15(16)21)20(19-17)13-7-8-24(22,23)10-13/h1,3-4,9,13H,2,5-8,10H2. The van der Waals surface area contributed by atoms with Gasteiger partial charge in [-0.05, 0) is 31.4 Å². The molecular formula is C17H17FN2O3S. The summed E-state index contributed by atoms with van der Waals surface area (Å²) in [6.45, 7) is 0. The third-order valence-electron chi connectivity index (χ3n) is 4.76. The highest BCUT2D eigenvalue weighted by Crippen LogP contribution is 2.35. The van der Waals surface area contributed by atoms with E-state index in [1.165, 1.54) is 12.1 Å². The Morgan fingerprint density at radius 2 is 2.08 bits per heavy atom. The highest BCUT2D eigenvalue weighted by Gasteiger charge is 2.35. The molecule has 1 unspecified atom stereocenters. The lowest BCUT2D eigenvalue weighted by atomic mass is 9.92. The number of hydrogen-bond donors (Lipinski definition) is 0. The van der Waals surface area contributed by atoms with Gasteiger partial charge in [-0.25, -0.2) is 12.8 Å². The van der Waals surface area contributed by atoms with E-state index < -0.39 is 9.84 Å². The Morgan fingerprint density at radius 3 is 2.79 bits per heavy atom. The molecule has 126 valence electrons. The molecule has 1 aromatic carbocycles. The molecule has 1 saturated heterocycles. The van der Waals surface area contributed by atoms with E-state index in [1.54, 1.807) is 16.8 Å². The molecule has 1 aliphatic heterocycles. The van der Waals surface area contributed by atoms with Gasteiger partial charge in [0.05, 0.1) is 28.8 Å². The molecule has 0 spiro atoms. The van der Waals surface area contributed by atoms with Gasteiger partial charge in [0, 0.05) is 12.0 Å². The fourth-order valence-electron chi connectivity index (χ4n) is 3.65. The van der Waals surface area contributed by atoms with E-state index in [4.69, 9.17) is 0 Å². The molecule has 1 aromatic heterocycles. The minimum atomic E-state index is -3.05. The van der Waals surface area contributed by atoms with Crippen LogP contribution in [0.3, 0.4) is 0 Å². The highest BCUT2D eigenvalue weighted by atomic mass is 32.2. The quantitative estimate of drug-likeness (QED) is 0.836. The molecule has 24 heavy (non-hydrogen) atoms. The smallest absolute Gasteiger partial charge is 0.166 e. The lowest BCUT2D eigenvalue weighted by Crippen LogP contribution is -2.18. The molecule has 4 rings (SSSR count). The molecule has 1 atom stereocenters. The summed E-state index contributed by atoms with van der Waals surface area (Å²) in [6, 6.07) is 5.78. The SMILES string of the molecule is O=C1CCCc2c1c(-c1cccc(F)c1)nn2C1CCS(=O)(=O)C1. The van der Waals surface area contributed by atoms with E-state index >= 15 is 0 Å². The number of rotatable bonds is 2. The van der Waals surface area contributed by atoms with E-state index in [0.717, 1.165) is 12.1 Å². The number of carbonyl (C=O) groups is 1. The van der Waals surface area contributed by atoms with Gasteiger partial charge in [0.2, 0.25) is 0 Å². The summed E-state index contributed by atoms with van der Waals surface area (Å²) < 4.78 is 38.9. The highest BCUT2D eigenvalue weighted by molar-refractivity contribution is 7.91. The minimum absolute atomic E-state index is 0.00242. The van der Waals surface area contributed by atoms with Crippen LogP contribution in [0.2, 0.25) is 0 Å². The Morgan fingerprint density at radius 1 is 1.25 bits per heavy atom. The molecule has 1 aliphatic carbocycles. The van der Waals surface area contributed by atoms with Gasteiger partial charge in [0.25, 0.3) is 0 Å². The van der Waals surface area contributed by atoms with E-state index in [9.17, 15) is 17.6 Å². The number of ketones is 1. The van der Waals surface area contributed by atoms with E-state index in [-0.39, 0.29) is 29.1 Å². The van der Waals surface area contributed by atoms with Crippen molar-refractivity contribution in [3.05, 3.63) is 41.3 Å². The Balaban J connectivity index is 1.88. The number of fused-ring (bicyclic) bond motifs is 1. The molecule has 2 aromatic rings. The summed E-state index contributed by atoms with van der Waals surface area (Å²) >= 11 is 0. The average molecular weight is 348 g/mol. The van der Waals surface area contributed by atoms with E-state index in [2.05, 4.69) is 5.10 Å². The van der Waals surface area contributed by atoms with Crippen LogP contribution in [-0.4, -0.2) is 35.5 Å². The van der Waals surface area contributed by atoms with Gasteiger partial charge in [0.15, 0.2) is 15.6 Å². The van der Waals surface area contributed by atoms with E-state index in [1.807, 2.05) is 0 Å². The second kappa shape index (κ2) is 5.51. The van der Waals surface area contributed by atoms with Crippen LogP contribution in [0.15, 0.2) is 24.3 Å². The maximum atomic E-state index is 13.6. The van der Waals surface area contributed by atoms with Gasteiger partial charge in [-0.15, -0.1) is 0 Å². The van der Waals surface area contributed by atoms with Crippen molar-refractivity contribution in [2.45, 2.75) is 31.7 Å². The maximum Gasteiger partial charge on any atom is 0.166 e. The van der Waals surface area contributed by atoms with Crippen LogP contribution >= 0.6 is 0 Å². The molecule has 1 fully saturated rings. The number of sulfone groups is 1. The zero-order chi connectivity index (χ0) is 16.9. The fourth-order valence-corrected chi connectivity index (χ4v) is 5.34. The Bertz CT molecular complexity index is 933. The van der Waals surface area contributed by atoms with Crippen LogP contribution < -0.4 is 0 Å². The molecule has 0 radical (unpaired) electrons. The lowest BCUT2D eigenvalue weighted by molar-refractivity contribution is 0.0972. The second-order valence-corrected chi connectivity index (χ2v) is 8.69. The van der Waals surface area contributed by atoms with Gasteiger partial charge >= 0.3 is 0 Å². The predicted octanol–water partition coefficient (Wildman–Crippen LogP) is 2.57. The topological polar surface area (TPSA) is 69.0 Å². The first-order valence-corrected chi connectivity index (χ1v) is 9.88. The van der Waals surface area contributed by atoms with Gasteiger partial charge < -0.3 is 0 Å². The van der Waals surface area contributed by atoms with Crippen LogP contribution in [0.5, 0.6) is 0 Å². The molecular weight excluding hydrogens is 331 g/mol. The van der Waals surface area contributed by atoms with E-state index in [0.29, 0.717) is 36.1 Å². The third kappa shape index (κ3) is 2.56. The molecule has 0 amide bonds. The monoisotopic (exact) mass is 348 g/mol. The average Bonchev–Trinajstić information content (AvgIpc) is 3.08. The van der Waals surface area contributed by atoms with Crippen molar-refractivity contribution in [1.29, 1.82) is 0 Å². The van der Waals surface area contributed by atoms with Crippen LogP contribution in [0.1, 0.15) is 41.4 Å². The number of Topliss-reactive ketones (excluding diaryl/α,β-unsaturated/α-hetero) is 1. The van der Waals surface area contributed by atoms with Crippen LogP contribution in [-0.2, 0) is 16.3 Å². The van der Waals surface area contributed by atoms with Crippen LogP contribution in [0.4, 0.5) is 4.39 Å². The molecule has 2 heterocycles. The molecule has 2 aliphatic rings. The second-order valence-electron chi connectivity index (χ2n) is 6.46. The van der Waals surface area contributed by atoms with Crippen molar-refractivity contribution in [2.24, 2.45) is 0 Å². The summed E-state index contributed by atoms with van der Waals surface area (Å²) in [5, 5.41) is 4.57. The molecule has 7 heteroatoms. The summed E-state index contributed by atoms with van der Waals surface area (Å²) in [6.07, 6.45) is 2.39. The lowest BCUT2D eigenvalue weighted by Gasteiger charge is -2.16. The van der Waals surface area contributed by atoms with Crippen molar-refractivity contribution < 1.29 is 17.6 Å². The number of halogens is 1. The van der Waals surface area contributed by atoms with Gasteiger partial charge in [-0.3, -0.25) is 9.48 Å². The summed E-state index contributed by atoms with van der Waals surface area (Å²) in [5.74, 6) is -0.182. The summed E-state index contributed by atoms with van der Waals surface area (Å²) in [5.41, 5.74) is 2.36. The zero-order valence-electron chi connectivity index (χ0n) is 13.0. The number of nitrogens with zero attached hydrogens (tertiary/aromatic N) is 2. The summed E-state index contributed by atoms with van der Waals surface area (Å²) in [4.78, 5) is 12.5. The number of benzene rings is 1. The van der Waals surface area contributed by atoms with Crippen molar-refractivity contribution >= 4 is 15.6 Å². The molecule has 0 N–H and O–H groups in total. The van der Waals surface area contributed by atoms with Crippen LogP contribution in [0.25, 0.3) is 11.3 Å². The first-order chi connectivity index (χ1) is 11.4. The van der Waals surface area contributed by atoms with Crippen LogP contribution in [0, 0.1) is 5.82 Å². The van der Waals surface area contributed by atoms with Crippen molar-refractivity contribution in [3.8, 4) is 11.3 Å². The largest absolute Gasteiger partial charge is 0.294 e. The summed E-state index contributed by atoms with van der Waals surface area (Å²) in [7, 11) is -3.05. The van der Waals surface area contributed by atoms with Gasteiger partial charge in [-0.2, -0.15) is 5.10 Å². The predicted molar refractivity (Wildman–Crippen MR) is 87.2 cm³/mol. The third-order valence-corrected chi connectivity index (χ3v) is 6.51. The maximum absolute atomic E-state index is 13.6. The fraction of sp³-hybridized carbons (Fsp3) is 0.412. The molecule has 0 saturated carbocycles. The molecule has 0 bridgehead atoms. The normalized spacial score (nSPS) is 22.5. The van der Waals surface area contributed by atoms with Crippen molar-refractivity contribution in [3.63, 3.8) is 0 Å². The molecule has 5 nitrogen and oxygen atoms in total. The Labute approximate surface area is 139 Å². The Kier molecular flexibility index (Phi) is 3.56. The number of aromatic nitrogens is 2. The first kappa shape index (κ1) is 15.5. The van der Waals surface area contributed by atoms with Gasteiger partial charge in [-0.1, -0.05) is 12.1 Å². The number of carbonyl (C=O) groups excluding carboxylic acids is 1.